The van der Waals surface area contributed by atoms with Crippen molar-refractivity contribution >= 4 is 33.1 Å². The number of fused-ring (bicyclic) bond motifs is 1. The van der Waals surface area contributed by atoms with E-state index in [1.807, 2.05) is 6.07 Å². The van der Waals surface area contributed by atoms with Gasteiger partial charge in [0.25, 0.3) is 0 Å². The highest BCUT2D eigenvalue weighted by Crippen LogP contribution is 2.43. The van der Waals surface area contributed by atoms with E-state index < -0.39 is 42.1 Å². The van der Waals surface area contributed by atoms with Gasteiger partial charge in [0.05, 0.1) is 10.2 Å². The van der Waals surface area contributed by atoms with Gasteiger partial charge in [-0.15, -0.1) is 0 Å². The first-order valence-corrected chi connectivity index (χ1v) is 12.8. The van der Waals surface area contributed by atoms with Crippen molar-refractivity contribution in [1.29, 1.82) is 0 Å². The minimum atomic E-state index is -4.72. The number of carbonyl (C=O) groups is 1. The molecule has 2 aromatic heterocycles. The number of halogens is 6. The summed E-state index contributed by atoms with van der Waals surface area (Å²) in [5.41, 5.74) is 5.32. The molecule has 42 heavy (non-hydrogen) atoms. The first-order valence-electron chi connectivity index (χ1n) is 12.0. The molecular weight excluding hydrogens is 631 g/mol. The number of nitrogens with two attached hydrogens (primary N) is 1. The summed E-state index contributed by atoms with van der Waals surface area (Å²) in [6, 6.07) is 16.5. The van der Waals surface area contributed by atoms with Crippen molar-refractivity contribution < 1.29 is 41.0 Å². The zero-order chi connectivity index (χ0) is 30.0. The average molecular weight is 649 g/mol. The van der Waals surface area contributed by atoms with Crippen LogP contribution in [0.4, 0.5) is 26.7 Å². The van der Waals surface area contributed by atoms with Crippen molar-refractivity contribution in [2.45, 2.75) is 12.8 Å². The Labute approximate surface area is 242 Å². The summed E-state index contributed by atoms with van der Waals surface area (Å²) in [5, 5.41) is 0. The van der Waals surface area contributed by atoms with Gasteiger partial charge in [-0.2, -0.15) is 18.2 Å². The lowest BCUT2D eigenvalue weighted by molar-refractivity contribution is -0.153. The Morgan fingerprint density at radius 1 is 0.929 bits per heavy atom. The number of amides is 1. The van der Waals surface area contributed by atoms with Gasteiger partial charge in [-0.25, -0.2) is 18.6 Å². The molecule has 14 heteroatoms. The molecule has 1 amide bonds. The molecule has 0 aliphatic rings. The number of rotatable bonds is 8. The molecule has 0 saturated carbocycles. The number of ether oxygens (including phenoxy) is 3. The maximum atomic E-state index is 15.8. The van der Waals surface area contributed by atoms with Crippen molar-refractivity contribution in [3.63, 3.8) is 0 Å². The number of nitrogens with zero attached hydrogens (tertiary/aromatic N) is 3. The van der Waals surface area contributed by atoms with Crippen LogP contribution in [0.5, 0.6) is 17.4 Å². The summed E-state index contributed by atoms with van der Waals surface area (Å²) < 4.78 is 87.2. The number of alkyl halides is 3. The maximum absolute atomic E-state index is 15.8. The van der Waals surface area contributed by atoms with Crippen LogP contribution in [0.15, 0.2) is 77.5 Å². The van der Waals surface area contributed by atoms with Gasteiger partial charge in [0.1, 0.15) is 41.2 Å². The Bertz CT molecular complexity index is 1740. The predicted molar refractivity (Wildman–Crippen MR) is 144 cm³/mol. The summed E-state index contributed by atoms with van der Waals surface area (Å²) in [7, 11) is 0. The smallest absolute Gasteiger partial charge is 0.422 e. The van der Waals surface area contributed by atoms with Crippen LogP contribution in [0, 0.1) is 11.6 Å². The fourth-order valence-corrected chi connectivity index (χ4v) is 4.86. The van der Waals surface area contributed by atoms with Crippen molar-refractivity contribution in [2.75, 3.05) is 6.61 Å². The number of primary amides is 1. The van der Waals surface area contributed by atoms with Gasteiger partial charge >= 0.3 is 12.3 Å². The van der Waals surface area contributed by atoms with Gasteiger partial charge in [0.2, 0.25) is 5.88 Å². The van der Waals surface area contributed by atoms with Crippen LogP contribution in [-0.4, -0.2) is 33.4 Å². The van der Waals surface area contributed by atoms with Gasteiger partial charge in [-0.05, 0) is 45.8 Å². The number of hydrogen-bond acceptors (Lipinski definition) is 6. The Balaban J connectivity index is 1.68. The maximum Gasteiger partial charge on any atom is 0.422 e. The Morgan fingerprint density at radius 3 is 2.21 bits per heavy atom. The van der Waals surface area contributed by atoms with Gasteiger partial charge in [-0.3, -0.25) is 4.57 Å². The molecule has 3 aromatic carbocycles. The molecule has 0 aliphatic heterocycles. The highest BCUT2D eigenvalue weighted by molar-refractivity contribution is 9.10. The molecule has 0 bridgehead atoms. The summed E-state index contributed by atoms with van der Waals surface area (Å²) in [6.07, 6.45) is -4.82. The molecule has 0 saturated heterocycles. The van der Waals surface area contributed by atoms with Crippen LogP contribution < -0.4 is 19.9 Å². The number of hydrogen-bond donors (Lipinski definition) is 1. The number of carbonyl (C=O) groups excluding carboxylic acids is 1. The zero-order valence-corrected chi connectivity index (χ0v) is 22.7. The highest BCUT2D eigenvalue weighted by Gasteiger charge is 2.32. The summed E-state index contributed by atoms with van der Waals surface area (Å²) in [5.74, 6) is -2.80. The molecule has 2 heterocycles. The van der Waals surface area contributed by atoms with Crippen LogP contribution in [0.1, 0.15) is 5.56 Å². The van der Waals surface area contributed by atoms with E-state index in [9.17, 15) is 18.0 Å². The molecule has 8 nitrogen and oxygen atoms in total. The molecule has 0 fully saturated rings. The van der Waals surface area contributed by atoms with Crippen LogP contribution >= 0.6 is 15.9 Å². The third-order valence-corrected chi connectivity index (χ3v) is 6.58. The lowest BCUT2D eigenvalue weighted by Crippen LogP contribution is -2.20. The summed E-state index contributed by atoms with van der Waals surface area (Å²) >= 11 is 3.37. The van der Waals surface area contributed by atoms with Gasteiger partial charge in [0.15, 0.2) is 18.2 Å². The van der Waals surface area contributed by atoms with Crippen LogP contribution in [0.2, 0.25) is 0 Å². The van der Waals surface area contributed by atoms with Crippen molar-refractivity contribution in [1.82, 2.24) is 14.5 Å². The minimum Gasteiger partial charge on any atom is -0.489 e. The third-order valence-electron chi connectivity index (χ3n) is 5.83. The predicted octanol–water partition coefficient (Wildman–Crippen LogP) is 7.11. The first-order chi connectivity index (χ1) is 20.0. The molecule has 0 unspecified atom stereocenters. The monoisotopic (exact) mass is 648 g/mol. The topological polar surface area (TPSA) is 101 Å². The van der Waals surface area contributed by atoms with E-state index in [1.165, 1.54) is 24.3 Å². The van der Waals surface area contributed by atoms with Gasteiger partial charge in [-0.1, -0.05) is 30.3 Å². The quantitative estimate of drug-likeness (QED) is 0.180. The largest absolute Gasteiger partial charge is 0.489 e. The second-order valence-electron chi connectivity index (χ2n) is 8.73. The standard InChI is InChI=1S/C28H18BrF5N4O4/c29-21-22-25(26(37-14-36-22)41-13-28(32,33)34)38(23(21)16-6-8-17(9-7-16)42-27(35)39)24-19(30)10-18(11-20(24)31)40-12-15-4-2-1-3-5-15/h1-11,14H,12-13H2,(H2,35,39). The van der Waals surface area contributed by atoms with E-state index in [1.54, 1.807) is 24.3 Å². The molecule has 2 N–H and O–H groups in total. The van der Waals surface area contributed by atoms with Crippen LogP contribution in [0.25, 0.3) is 28.0 Å². The summed E-state index contributed by atoms with van der Waals surface area (Å²) in [4.78, 5) is 19.1. The van der Waals surface area contributed by atoms with Crippen molar-refractivity contribution in [2.24, 2.45) is 5.73 Å². The lowest BCUT2D eigenvalue weighted by atomic mass is 10.1. The zero-order valence-electron chi connectivity index (χ0n) is 21.2. The highest BCUT2D eigenvalue weighted by atomic mass is 79.9. The van der Waals surface area contributed by atoms with E-state index in [0.717, 1.165) is 28.6 Å². The minimum absolute atomic E-state index is 0.0119. The van der Waals surface area contributed by atoms with E-state index in [0.29, 0.717) is 5.56 Å². The van der Waals surface area contributed by atoms with Crippen molar-refractivity contribution in [3.8, 4) is 34.3 Å². The Hall–Kier alpha value is -4.72. The van der Waals surface area contributed by atoms with Crippen molar-refractivity contribution in [3.05, 3.63) is 94.7 Å². The molecule has 0 radical (unpaired) electrons. The molecule has 0 spiro atoms. The van der Waals surface area contributed by atoms with Gasteiger partial charge < -0.3 is 19.9 Å². The SMILES string of the molecule is NC(=O)Oc1ccc(-c2c(Br)c3ncnc(OCC(F)(F)F)c3n2-c2c(F)cc(OCc3ccccc3)cc2F)cc1. The number of aromatic nitrogens is 3. The number of benzene rings is 3. The average Bonchev–Trinajstić information content (AvgIpc) is 3.23. The van der Waals surface area contributed by atoms with E-state index in [-0.39, 0.29) is 39.3 Å². The normalized spacial score (nSPS) is 11.5. The van der Waals surface area contributed by atoms with E-state index in [4.69, 9.17) is 19.9 Å². The molecular formula is C28H18BrF5N4O4. The van der Waals surface area contributed by atoms with Gasteiger partial charge in [0, 0.05) is 17.7 Å². The van der Waals surface area contributed by atoms with E-state index >= 15 is 8.78 Å². The van der Waals surface area contributed by atoms with Crippen LogP contribution in [-0.2, 0) is 6.61 Å². The lowest BCUT2D eigenvalue weighted by Gasteiger charge is -2.16. The Morgan fingerprint density at radius 2 is 1.60 bits per heavy atom. The molecule has 0 atom stereocenters. The first kappa shape index (κ1) is 28.8. The fraction of sp³-hybridized carbons (Fsp3) is 0.107. The third kappa shape index (κ3) is 6.12. The second kappa shape index (κ2) is 11.6. The molecule has 5 rings (SSSR count). The van der Waals surface area contributed by atoms with E-state index in [2.05, 4.69) is 25.9 Å². The Kier molecular flexibility index (Phi) is 7.98. The molecule has 0 aliphatic carbocycles. The fourth-order valence-electron chi connectivity index (χ4n) is 4.16. The molecule has 5 aromatic rings. The van der Waals surface area contributed by atoms with Crippen LogP contribution in [0.3, 0.4) is 0 Å². The molecule has 216 valence electrons. The summed E-state index contributed by atoms with van der Waals surface area (Å²) in [6.45, 7) is -1.68. The second-order valence-corrected chi connectivity index (χ2v) is 9.53.